The topological polar surface area (TPSA) is 58.1 Å². The number of benzene rings is 2. The van der Waals surface area contributed by atoms with Crippen molar-refractivity contribution in [2.24, 2.45) is 5.92 Å². The molecule has 1 saturated heterocycles. The molecular formula is C26H30N4O. The van der Waals surface area contributed by atoms with E-state index in [1.807, 2.05) is 30.3 Å². The molecule has 2 heterocycles. The number of rotatable bonds is 7. The van der Waals surface area contributed by atoms with Crippen LogP contribution in [-0.2, 0) is 11.2 Å². The zero-order valence-corrected chi connectivity index (χ0v) is 18.1. The van der Waals surface area contributed by atoms with E-state index in [1.54, 1.807) is 0 Å². The fraction of sp³-hybridized carbons (Fsp3) is 0.346. The lowest BCUT2D eigenvalue weighted by atomic mass is 9.97. The van der Waals surface area contributed by atoms with E-state index < -0.39 is 0 Å². The minimum Gasteiger partial charge on any atom is -0.356 e. The summed E-state index contributed by atoms with van der Waals surface area (Å²) >= 11 is 0. The first kappa shape index (κ1) is 21.0. The highest BCUT2D eigenvalue weighted by Gasteiger charge is 2.26. The highest BCUT2D eigenvalue weighted by Crippen LogP contribution is 2.25. The summed E-state index contributed by atoms with van der Waals surface area (Å²) in [5, 5.41) is 12.0. The SMILES string of the molecule is Cc1ccccc1-c1ccc(N2CCC[C@@H](C(=O)NCCCc3ccccc3)C2)nn1. The third kappa shape index (κ3) is 5.48. The third-order valence-corrected chi connectivity index (χ3v) is 5.97. The van der Waals surface area contributed by atoms with Crippen molar-refractivity contribution in [3.05, 3.63) is 77.9 Å². The zero-order valence-electron chi connectivity index (χ0n) is 18.1. The largest absolute Gasteiger partial charge is 0.356 e. The van der Waals surface area contributed by atoms with Crippen molar-refractivity contribution >= 4 is 11.7 Å². The second-order valence-electron chi connectivity index (χ2n) is 8.26. The summed E-state index contributed by atoms with van der Waals surface area (Å²) in [4.78, 5) is 14.9. The molecule has 0 aliphatic carbocycles. The van der Waals surface area contributed by atoms with Crippen LogP contribution >= 0.6 is 0 Å². The van der Waals surface area contributed by atoms with Gasteiger partial charge in [0.25, 0.3) is 0 Å². The predicted octanol–water partition coefficient (Wildman–Crippen LogP) is 4.42. The van der Waals surface area contributed by atoms with Crippen LogP contribution in [0, 0.1) is 12.8 Å². The van der Waals surface area contributed by atoms with Crippen molar-refractivity contribution in [1.29, 1.82) is 0 Å². The van der Waals surface area contributed by atoms with E-state index in [0.717, 1.165) is 55.8 Å². The van der Waals surface area contributed by atoms with Gasteiger partial charge in [-0.05, 0) is 55.9 Å². The average Bonchev–Trinajstić information content (AvgIpc) is 2.83. The predicted molar refractivity (Wildman–Crippen MR) is 125 cm³/mol. The van der Waals surface area contributed by atoms with Crippen molar-refractivity contribution in [3.63, 3.8) is 0 Å². The van der Waals surface area contributed by atoms with E-state index in [2.05, 4.69) is 63.7 Å². The lowest BCUT2D eigenvalue weighted by molar-refractivity contribution is -0.125. The highest BCUT2D eigenvalue weighted by molar-refractivity contribution is 5.79. The van der Waals surface area contributed by atoms with E-state index in [1.165, 1.54) is 11.1 Å². The van der Waals surface area contributed by atoms with Crippen LogP contribution in [0.15, 0.2) is 66.7 Å². The number of carbonyl (C=O) groups is 1. The van der Waals surface area contributed by atoms with E-state index in [0.29, 0.717) is 6.54 Å². The number of aromatic nitrogens is 2. The number of hydrogen-bond acceptors (Lipinski definition) is 4. The van der Waals surface area contributed by atoms with Gasteiger partial charge in [0, 0.05) is 25.2 Å². The Kier molecular flexibility index (Phi) is 6.92. The summed E-state index contributed by atoms with van der Waals surface area (Å²) in [6.45, 7) is 4.41. The first-order valence-corrected chi connectivity index (χ1v) is 11.2. The fourth-order valence-electron chi connectivity index (χ4n) is 4.19. The first-order chi connectivity index (χ1) is 15.2. The molecule has 1 aliphatic rings. The maximum atomic E-state index is 12.7. The highest BCUT2D eigenvalue weighted by atomic mass is 16.1. The smallest absolute Gasteiger partial charge is 0.224 e. The van der Waals surface area contributed by atoms with Crippen molar-refractivity contribution in [1.82, 2.24) is 15.5 Å². The standard InChI is InChI=1S/C26H30N4O/c1-20-9-5-6-14-23(20)24-15-16-25(29-28-24)30-18-8-13-22(19-30)26(31)27-17-7-12-21-10-3-2-4-11-21/h2-6,9-11,14-16,22H,7-8,12-13,17-19H2,1H3,(H,27,31)/t22-/m1/s1. The zero-order chi connectivity index (χ0) is 21.5. The number of aryl methyl sites for hydroxylation is 2. The second kappa shape index (κ2) is 10.2. The van der Waals surface area contributed by atoms with Crippen LogP contribution in [0.3, 0.4) is 0 Å². The average molecular weight is 415 g/mol. The number of carbonyl (C=O) groups excluding carboxylic acids is 1. The quantitative estimate of drug-likeness (QED) is 0.582. The molecule has 3 aromatic rings. The molecule has 1 fully saturated rings. The van der Waals surface area contributed by atoms with E-state index in [9.17, 15) is 4.79 Å². The third-order valence-electron chi connectivity index (χ3n) is 5.97. The van der Waals surface area contributed by atoms with E-state index in [-0.39, 0.29) is 11.8 Å². The van der Waals surface area contributed by atoms with Gasteiger partial charge < -0.3 is 10.2 Å². The molecule has 0 spiro atoms. The Morgan fingerprint density at radius 1 is 1.03 bits per heavy atom. The van der Waals surface area contributed by atoms with Crippen LogP contribution in [0.1, 0.15) is 30.4 Å². The number of nitrogens with one attached hydrogen (secondary N) is 1. The van der Waals surface area contributed by atoms with Gasteiger partial charge in [0.05, 0.1) is 11.6 Å². The summed E-state index contributed by atoms with van der Waals surface area (Å²) < 4.78 is 0. The van der Waals surface area contributed by atoms with Crippen LogP contribution < -0.4 is 10.2 Å². The molecule has 0 bridgehead atoms. The van der Waals surface area contributed by atoms with Crippen LogP contribution in [0.4, 0.5) is 5.82 Å². The lowest BCUT2D eigenvalue weighted by Crippen LogP contribution is -2.43. The Hall–Kier alpha value is -3.21. The molecule has 1 aromatic heterocycles. The van der Waals surface area contributed by atoms with E-state index >= 15 is 0 Å². The van der Waals surface area contributed by atoms with Crippen molar-refractivity contribution in [3.8, 4) is 11.3 Å². The molecule has 5 heteroatoms. The maximum absolute atomic E-state index is 12.7. The van der Waals surface area contributed by atoms with Gasteiger partial charge in [-0.25, -0.2) is 0 Å². The monoisotopic (exact) mass is 414 g/mol. The van der Waals surface area contributed by atoms with Crippen LogP contribution in [0.2, 0.25) is 0 Å². The molecule has 2 aromatic carbocycles. The van der Waals surface area contributed by atoms with Gasteiger partial charge >= 0.3 is 0 Å². The second-order valence-corrected chi connectivity index (χ2v) is 8.26. The van der Waals surface area contributed by atoms with Gasteiger partial charge in [-0.3, -0.25) is 4.79 Å². The Morgan fingerprint density at radius 2 is 1.84 bits per heavy atom. The summed E-state index contributed by atoms with van der Waals surface area (Å²) in [7, 11) is 0. The van der Waals surface area contributed by atoms with Gasteiger partial charge in [-0.2, -0.15) is 0 Å². The summed E-state index contributed by atoms with van der Waals surface area (Å²) in [5.74, 6) is 1.00. The Morgan fingerprint density at radius 3 is 2.61 bits per heavy atom. The normalized spacial score (nSPS) is 16.2. The molecule has 5 nitrogen and oxygen atoms in total. The number of amides is 1. The Balaban J connectivity index is 1.29. The molecule has 0 saturated carbocycles. The van der Waals surface area contributed by atoms with Gasteiger partial charge in [-0.15, -0.1) is 10.2 Å². The van der Waals surface area contributed by atoms with Gasteiger partial charge in [0.15, 0.2) is 5.82 Å². The van der Waals surface area contributed by atoms with Crippen molar-refractivity contribution < 1.29 is 4.79 Å². The molecule has 160 valence electrons. The molecular weight excluding hydrogens is 384 g/mol. The summed E-state index contributed by atoms with van der Waals surface area (Å²) in [5.41, 5.74) is 4.49. The number of hydrogen-bond donors (Lipinski definition) is 1. The fourth-order valence-corrected chi connectivity index (χ4v) is 4.19. The number of anilines is 1. The van der Waals surface area contributed by atoms with Crippen LogP contribution in [0.5, 0.6) is 0 Å². The molecule has 1 amide bonds. The molecule has 1 N–H and O–H groups in total. The lowest BCUT2D eigenvalue weighted by Gasteiger charge is -2.32. The van der Waals surface area contributed by atoms with Gasteiger partial charge in [-0.1, -0.05) is 54.6 Å². The minimum atomic E-state index is 0.00307. The maximum Gasteiger partial charge on any atom is 0.224 e. The Bertz CT molecular complexity index is 988. The first-order valence-electron chi connectivity index (χ1n) is 11.2. The molecule has 0 radical (unpaired) electrons. The molecule has 1 aliphatic heterocycles. The minimum absolute atomic E-state index is 0.00307. The van der Waals surface area contributed by atoms with Crippen LogP contribution in [-0.4, -0.2) is 35.7 Å². The van der Waals surface area contributed by atoms with Gasteiger partial charge in [0.2, 0.25) is 5.91 Å². The summed E-state index contributed by atoms with van der Waals surface area (Å²) in [6.07, 6.45) is 3.86. The summed E-state index contributed by atoms with van der Waals surface area (Å²) in [6, 6.07) is 22.7. The number of piperidine rings is 1. The van der Waals surface area contributed by atoms with E-state index in [4.69, 9.17) is 0 Å². The molecule has 0 unspecified atom stereocenters. The van der Waals surface area contributed by atoms with Crippen molar-refractivity contribution in [2.45, 2.75) is 32.6 Å². The number of nitrogens with zero attached hydrogens (tertiary/aromatic N) is 3. The molecule has 1 atom stereocenters. The van der Waals surface area contributed by atoms with Crippen LogP contribution in [0.25, 0.3) is 11.3 Å². The molecule has 4 rings (SSSR count). The van der Waals surface area contributed by atoms with Crippen molar-refractivity contribution in [2.75, 3.05) is 24.5 Å². The molecule has 31 heavy (non-hydrogen) atoms. The Labute approximate surface area is 184 Å². The van der Waals surface area contributed by atoms with Gasteiger partial charge in [0.1, 0.15) is 0 Å².